The van der Waals surface area contributed by atoms with Crippen LogP contribution in [0.5, 0.6) is 0 Å². The van der Waals surface area contributed by atoms with Gasteiger partial charge in [0.25, 0.3) is 0 Å². The van der Waals surface area contributed by atoms with E-state index in [9.17, 15) is 18.0 Å². The van der Waals surface area contributed by atoms with Crippen molar-refractivity contribution in [1.82, 2.24) is 9.62 Å². The average Bonchev–Trinajstić information content (AvgIpc) is 3.20. The molecule has 2 N–H and O–H groups in total. The highest BCUT2D eigenvalue weighted by atomic mass is 32.2. The van der Waals surface area contributed by atoms with Gasteiger partial charge >= 0.3 is 5.97 Å². The molecule has 0 spiro atoms. The SMILES string of the molecule is O=C(O)c1ccc(S(=O)(=O)N2CCC(C(=O)NCC3CCOC3)CC2)cc1. The Kier molecular flexibility index (Phi) is 6.13. The van der Waals surface area contributed by atoms with Gasteiger partial charge < -0.3 is 15.2 Å². The number of aromatic carboxylic acids is 1. The Morgan fingerprint density at radius 2 is 1.81 bits per heavy atom. The highest BCUT2D eigenvalue weighted by Gasteiger charge is 2.32. The number of carboxylic acids is 1. The molecule has 148 valence electrons. The lowest BCUT2D eigenvalue weighted by Crippen LogP contribution is -2.43. The van der Waals surface area contributed by atoms with Crippen molar-refractivity contribution in [1.29, 1.82) is 0 Å². The first-order valence-corrected chi connectivity index (χ1v) is 10.5. The zero-order valence-electron chi connectivity index (χ0n) is 15.0. The molecule has 0 radical (unpaired) electrons. The minimum Gasteiger partial charge on any atom is -0.478 e. The predicted molar refractivity (Wildman–Crippen MR) is 96.8 cm³/mol. The molecule has 8 nitrogen and oxygen atoms in total. The van der Waals surface area contributed by atoms with E-state index in [1.807, 2.05) is 0 Å². The number of nitrogens with zero attached hydrogens (tertiary/aromatic N) is 1. The lowest BCUT2D eigenvalue weighted by Gasteiger charge is -2.30. The molecule has 1 unspecified atom stereocenters. The number of piperidine rings is 1. The van der Waals surface area contributed by atoms with Crippen LogP contribution in [0.2, 0.25) is 0 Å². The van der Waals surface area contributed by atoms with Crippen LogP contribution in [-0.2, 0) is 19.6 Å². The summed E-state index contributed by atoms with van der Waals surface area (Å²) in [6.45, 7) is 2.57. The van der Waals surface area contributed by atoms with Gasteiger partial charge in [-0.05, 0) is 43.5 Å². The Bertz CT molecular complexity index is 779. The van der Waals surface area contributed by atoms with Crippen LogP contribution in [0.3, 0.4) is 0 Å². The number of carbonyl (C=O) groups is 2. The van der Waals surface area contributed by atoms with E-state index >= 15 is 0 Å². The molecule has 2 aliphatic rings. The van der Waals surface area contributed by atoms with Crippen molar-refractivity contribution in [3.8, 4) is 0 Å². The molecule has 1 atom stereocenters. The van der Waals surface area contributed by atoms with Crippen LogP contribution in [0.25, 0.3) is 0 Å². The lowest BCUT2D eigenvalue weighted by molar-refractivity contribution is -0.126. The molecule has 2 aliphatic heterocycles. The highest BCUT2D eigenvalue weighted by Crippen LogP contribution is 2.24. The van der Waals surface area contributed by atoms with Crippen molar-refractivity contribution in [2.45, 2.75) is 24.2 Å². The molecule has 9 heteroatoms. The average molecular weight is 396 g/mol. The minimum atomic E-state index is -3.69. The molecule has 3 rings (SSSR count). The van der Waals surface area contributed by atoms with Gasteiger partial charge in [-0.25, -0.2) is 13.2 Å². The number of hydrogen-bond acceptors (Lipinski definition) is 5. The molecular weight excluding hydrogens is 372 g/mol. The van der Waals surface area contributed by atoms with Crippen molar-refractivity contribution in [2.75, 3.05) is 32.8 Å². The maximum atomic E-state index is 12.7. The molecule has 0 aliphatic carbocycles. The zero-order valence-corrected chi connectivity index (χ0v) is 15.8. The molecule has 1 aromatic rings. The van der Waals surface area contributed by atoms with E-state index in [0.717, 1.165) is 13.0 Å². The summed E-state index contributed by atoms with van der Waals surface area (Å²) >= 11 is 0. The summed E-state index contributed by atoms with van der Waals surface area (Å²) in [4.78, 5) is 23.3. The first-order valence-electron chi connectivity index (χ1n) is 9.07. The number of hydrogen-bond donors (Lipinski definition) is 2. The third-order valence-electron chi connectivity index (χ3n) is 5.15. The number of benzene rings is 1. The Morgan fingerprint density at radius 1 is 1.15 bits per heavy atom. The summed E-state index contributed by atoms with van der Waals surface area (Å²) < 4.78 is 32.1. The summed E-state index contributed by atoms with van der Waals surface area (Å²) in [6, 6.07) is 5.17. The van der Waals surface area contributed by atoms with E-state index in [1.165, 1.54) is 28.6 Å². The number of ether oxygens (including phenoxy) is 1. The van der Waals surface area contributed by atoms with E-state index in [4.69, 9.17) is 9.84 Å². The van der Waals surface area contributed by atoms with Gasteiger partial charge in [0.2, 0.25) is 15.9 Å². The molecule has 2 heterocycles. The van der Waals surface area contributed by atoms with Crippen molar-refractivity contribution in [3.63, 3.8) is 0 Å². The van der Waals surface area contributed by atoms with Gasteiger partial charge in [0.05, 0.1) is 17.1 Å². The van der Waals surface area contributed by atoms with Crippen molar-refractivity contribution in [3.05, 3.63) is 29.8 Å². The van der Waals surface area contributed by atoms with Gasteiger partial charge in [0.15, 0.2) is 0 Å². The van der Waals surface area contributed by atoms with Crippen molar-refractivity contribution >= 4 is 21.9 Å². The van der Waals surface area contributed by atoms with E-state index in [2.05, 4.69) is 5.32 Å². The van der Waals surface area contributed by atoms with Crippen LogP contribution in [0, 0.1) is 11.8 Å². The Hall–Kier alpha value is -1.97. The molecule has 0 saturated carbocycles. The molecular formula is C18H24N2O6S. The van der Waals surface area contributed by atoms with E-state index in [1.54, 1.807) is 0 Å². The van der Waals surface area contributed by atoms with E-state index in [0.29, 0.717) is 31.9 Å². The van der Waals surface area contributed by atoms with Crippen molar-refractivity contribution < 1.29 is 27.9 Å². The van der Waals surface area contributed by atoms with Crippen molar-refractivity contribution in [2.24, 2.45) is 11.8 Å². The number of sulfonamides is 1. The second kappa shape index (κ2) is 8.37. The number of carboxylic acid groups (broad SMARTS) is 1. The van der Waals surface area contributed by atoms with Crippen LogP contribution >= 0.6 is 0 Å². The van der Waals surface area contributed by atoms with Gasteiger partial charge in [-0.3, -0.25) is 4.79 Å². The monoisotopic (exact) mass is 396 g/mol. The van der Waals surface area contributed by atoms with Crippen LogP contribution in [0.15, 0.2) is 29.2 Å². The van der Waals surface area contributed by atoms with Gasteiger partial charge in [0.1, 0.15) is 0 Å². The first-order chi connectivity index (χ1) is 12.9. The maximum Gasteiger partial charge on any atom is 0.335 e. The molecule has 1 aromatic carbocycles. The van der Waals surface area contributed by atoms with Gasteiger partial charge in [-0.15, -0.1) is 0 Å². The van der Waals surface area contributed by atoms with E-state index in [-0.39, 0.29) is 35.4 Å². The highest BCUT2D eigenvalue weighted by molar-refractivity contribution is 7.89. The number of carbonyl (C=O) groups excluding carboxylic acids is 1. The van der Waals surface area contributed by atoms with Gasteiger partial charge in [0, 0.05) is 38.1 Å². The first kappa shape index (κ1) is 19.8. The number of nitrogens with one attached hydrogen (secondary N) is 1. The third-order valence-corrected chi connectivity index (χ3v) is 7.07. The van der Waals surface area contributed by atoms with E-state index < -0.39 is 16.0 Å². The maximum absolute atomic E-state index is 12.7. The fourth-order valence-corrected chi connectivity index (χ4v) is 4.88. The largest absolute Gasteiger partial charge is 0.478 e. The number of rotatable bonds is 6. The number of amides is 1. The summed E-state index contributed by atoms with van der Waals surface area (Å²) in [5.74, 6) is -0.948. The van der Waals surface area contributed by atoms with Crippen LogP contribution in [0.1, 0.15) is 29.6 Å². The quantitative estimate of drug-likeness (QED) is 0.740. The van der Waals surface area contributed by atoms with Crippen LogP contribution in [-0.4, -0.2) is 62.6 Å². The second-order valence-electron chi connectivity index (χ2n) is 6.98. The standard InChI is InChI=1S/C18H24N2O6S/c21-17(19-11-13-7-10-26-12-13)14-5-8-20(9-6-14)27(24,25)16-3-1-15(2-4-16)18(22)23/h1-4,13-14H,5-12H2,(H,19,21)(H,22,23). The zero-order chi connectivity index (χ0) is 19.4. The summed E-state index contributed by atoms with van der Waals surface area (Å²) in [7, 11) is -3.69. The Balaban J connectivity index is 1.54. The third kappa shape index (κ3) is 4.66. The minimum absolute atomic E-state index is 0.0234. The fourth-order valence-electron chi connectivity index (χ4n) is 3.41. The van der Waals surface area contributed by atoms with Gasteiger partial charge in [-0.2, -0.15) is 4.31 Å². The topological polar surface area (TPSA) is 113 Å². The second-order valence-corrected chi connectivity index (χ2v) is 8.92. The summed E-state index contributed by atoms with van der Waals surface area (Å²) in [6.07, 6.45) is 1.90. The smallest absolute Gasteiger partial charge is 0.335 e. The Morgan fingerprint density at radius 3 is 2.37 bits per heavy atom. The Labute approximate surface area is 158 Å². The summed E-state index contributed by atoms with van der Waals surface area (Å²) in [5, 5.41) is 11.9. The van der Waals surface area contributed by atoms with Gasteiger partial charge in [-0.1, -0.05) is 0 Å². The predicted octanol–water partition coefficient (Wildman–Crippen LogP) is 0.938. The molecule has 2 fully saturated rings. The molecule has 1 amide bonds. The van der Waals surface area contributed by atoms with Crippen LogP contribution < -0.4 is 5.32 Å². The molecule has 0 bridgehead atoms. The molecule has 2 saturated heterocycles. The summed E-state index contributed by atoms with van der Waals surface area (Å²) in [5.41, 5.74) is 0.0389. The fraction of sp³-hybridized carbons (Fsp3) is 0.556. The normalized spacial score (nSPS) is 21.9. The molecule has 27 heavy (non-hydrogen) atoms. The van der Waals surface area contributed by atoms with Crippen LogP contribution in [0.4, 0.5) is 0 Å². The lowest BCUT2D eigenvalue weighted by atomic mass is 9.97. The molecule has 0 aromatic heterocycles.